The summed E-state index contributed by atoms with van der Waals surface area (Å²) in [6, 6.07) is 3.47. The van der Waals surface area contributed by atoms with Crippen LogP contribution in [0.15, 0.2) is 18.3 Å². The molecular weight excluding hydrogens is 242 g/mol. The van der Waals surface area contributed by atoms with E-state index in [0.717, 1.165) is 5.56 Å². The highest BCUT2D eigenvalue weighted by atomic mass is 35.5. The minimum Gasteiger partial charge on any atom is -0.335 e. The van der Waals surface area contributed by atoms with E-state index in [1.54, 1.807) is 25.4 Å². The number of likely N-dealkylation sites (N-methyl/N-ethyl adjacent to an activating group) is 1. The van der Waals surface area contributed by atoms with Gasteiger partial charge >= 0.3 is 0 Å². The Balaban J connectivity index is 2.08. The maximum Gasteiger partial charge on any atom is 0.242 e. The number of hydrogen-bond donors (Lipinski definition) is 0. The minimum absolute atomic E-state index is 0.0512. The predicted molar refractivity (Wildman–Crippen MR) is 62.3 cm³/mol. The van der Waals surface area contributed by atoms with Gasteiger partial charge in [-0.15, -0.1) is 0 Å². The maximum absolute atomic E-state index is 11.7. The van der Waals surface area contributed by atoms with Gasteiger partial charge in [0.2, 0.25) is 11.8 Å². The molecule has 0 aromatic carbocycles. The fourth-order valence-corrected chi connectivity index (χ4v) is 1.87. The van der Waals surface area contributed by atoms with E-state index in [1.165, 1.54) is 9.80 Å². The molecule has 90 valence electrons. The van der Waals surface area contributed by atoms with Crippen LogP contribution in [-0.4, -0.2) is 46.7 Å². The number of nitrogens with zero attached hydrogens (tertiary/aromatic N) is 3. The quantitative estimate of drug-likeness (QED) is 0.723. The number of rotatable bonds is 2. The van der Waals surface area contributed by atoms with Crippen LogP contribution in [0, 0.1) is 0 Å². The van der Waals surface area contributed by atoms with Crippen LogP contribution in [0.2, 0.25) is 5.15 Å². The fourth-order valence-electron chi connectivity index (χ4n) is 1.67. The molecule has 0 radical (unpaired) electrons. The van der Waals surface area contributed by atoms with Gasteiger partial charge in [0.1, 0.15) is 11.7 Å². The van der Waals surface area contributed by atoms with E-state index in [-0.39, 0.29) is 24.9 Å². The zero-order valence-electron chi connectivity index (χ0n) is 9.39. The Morgan fingerprint density at radius 3 is 2.82 bits per heavy atom. The molecule has 0 aliphatic carbocycles. The number of halogens is 1. The molecule has 0 bridgehead atoms. The maximum atomic E-state index is 11.7. The van der Waals surface area contributed by atoms with Gasteiger partial charge in [-0.05, 0) is 17.7 Å². The van der Waals surface area contributed by atoms with E-state index in [0.29, 0.717) is 11.7 Å². The molecule has 1 fully saturated rings. The number of hydrogen-bond acceptors (Lipinski definition) is 3. The Bertz CT molecular complexity index is 464. The summed E-state index contributed by atoms with van der Waals surface area (Å²) in [6.07, 6.45) is 1.58. The third-order valence-electron chi connectivity index (χ3n) is 2.64. The molecule has 1 aliphatic heterocycles. The standard InChI is InChI=1S/C11H12ClN3O2/c1-14-6-11(17)15(7-10(14)16)5-8-2-3-13-9(12)4-8/h2-4H,5-7H2,1H3. The van der Waals surface area contributed by atoms with Gasteiger partial charge < -0.3 is 9.80 Å². The van der Waals surface area contributed by atoms with Crippen LogP contribution < -0.4 is 0 Å². The van der Waals surface area contributed by atoms with E-state index < -0.39 is 0 Å². The molecule has 0 atom stereocenters. The van der Waals surface area contributed by atoms with Crippen molar-refractivity contribution < 1.29 is 9.59 Å². The van der Waals surface area contributed by atoms with Gasteiger partial charge in [0.05, 0.1) is 6.54 Å². The number of carbonyl (C=O) groups is 2. The van der Waals surface area contributed by atoms with Gasteiger partial charge in [-0.1, -0.05) is 11.6 Å². The molecule has 2 amide bonds. The topological polar surface area (TPSA) is 53.5 Å². The van der Waals surface area contributed by atoms with Crippen LogP contribution >= 0.6 is 11.6 Å². The van der Waals surface area contributed by atoms with Gasteiger partial charge in [0.25, 0.3) is 0 Å². The van der Waals surface area contributed by atoms with Crippen molar-refractivity contribution in [2.24, 2.45) is 0 Å². The van der Waals surface area contributed by atoms with Crippen LogP contribution in [0.5, 0.6) is 0 Å². The summed E-state index contributed by atoms with van der Waals surface area (Å²) in [7, 11) is 1.63. The number of pyridine rings is 1. The summed E-state index contributed by atoms with van der Waals surface area (Å²) in [5.41, 5.74) is 0.871. The largest absolute Gasteiger partial charge is 0.335 e. The van der Waals surface area contributed by atoms with Crippen molar-refractivity contribution in [2.45, 2.75) is 6.54 Å². The van der Waals surface area contributed by atoms with Crippen molar-refractivity contribution in [1.82, 2.24) is 14.8 Å². The molecule has 0 spiro atoms. The highest BCUT2D eigenvalue weighted by Gasteiger charge is 2.27. The number of carbonyl (C=O) groups excluding carboxylic acids is 2. The van der Waals surface area contributed by atoms with Crippen molar-refractivity contribution >= 4 is 23.4 Å². The van der Waals surface area contributed by atoms with Gasteiger partial charge in [0.15, 0.2) is 0 Å². The molecule has 0 unspecified atom stereocenters. The summed E-state index contributed by atoms with van der Waals surface area (Å²) in [4.78, 5) is 30.0. The second-order valence-corrected chi connectivity index (χ2v) is 4.37. The summed E-state index contributed by atoms with van der Waals surface area (Å²) in [6.45, 7) is 0.646. The van der Waals surface area contributed by atoms with E-state index in [4.69, 9.17) is 11.6 Å². The number of amides is 2. The average molecular weight is 254 g/mol. The summed E-state index contributed by atoms with van der Waals surface area (Å²) in [5, 5.41) is 0.385. The number of aromatic nitrogens is 1. The summed E-state index contributed by atoms with van der Waals surface area (Å²) in [5.74, 6) is -0.107. The first-order valence-electron chi connectivity index (χ1n) is 5.18. The van der Waals surface area contributed by atoms with E-state index in [1.807, 2.05) is 0 Å². The van der Waals surface area contributed by atoms with Crippen LogP contribution in [0.4, 0.5) is 0 Å². The average Bonchev–Trinajstić information content (AvgIpc) is 2.26. The molecule has 1 aliphatic rings. The zero-order valence-corrected chi connectivity index (χ0v) is 10.1. The summed E-state index contributed by atoms with van der Waals surface area (Å²) < 4.78 is 0. The molecule has 0 N–H and O–H groups in total. The third-order valence-corrected chi connectivity index (χ3v) is 2.85. The molecule has 6 heteroatoms. The Morgan fingerprint density at radius 2 is 2.12 bits per heavy atom. The second-order valence-electron chi connectivity index (χ2n) is 3.99. The van der Waals surface area contributed by atoms with Crippen LogP contribution in [0.1, 0.15) is 5.56 Å². The van der Waals surface area contributed by atoms with Crippen LogP contribution in [0.3, 0.4) is 0 Å². The van der Waals surface area contributed by atoms with E-state index in [2.05, 4.69) is 4.98 Å². The van der Waals surface area contributed by atoms with Gasteiger partial charge in [-0.2, -0.15) is 0 Å². The van der Waals surface area contributed by atoms with Crippen LogP contribution in [-0.2, 0) is 16.1 Å². The smallest absolute Gasteiger partial charge is 0.242 e. The first kappa shape index (κ1) is 11.9. The van der Waals surface area contributed by atoms with Crippen molar-refractivity contribution in [3.8, 4) is 0 Å². The Kier molecular flexibility index (Phi) is 3.28. The summed E-state index contributed by atoms with van der Waals surface area (Å²) >= 11 is 5.76. The molecule has 1 saturated heterocycles. The molecule has 17 heavy (non-hydrogen) atoms. The first-order valence-corrected chi connectivity index (χ1v) is 5.56. The van der Waals surface area contributed by atoms with Crippen molar-refractivity contribution in [3.63, 3.8) is 0 Å². The lowest BCUT2D eigenvalue weighted by molar-refractivity contribution is -0.149. The Labute approximate surface area is 104 Å². The fraction of sp³-hybridized carbons (Fsp3) is 0.364. The van der Waals surface area contributed by atoms with E-state index in [9.17, 15) is 9.59 Å². The van der Waals surface area contributed by atoms with Crippen molar-refractivity contribution in [2.75, 3.05) is 20.1 Å². The molecular formula is C11H12ClN3O2. The molecule has 1 aromatic rings. The molecule has 5 nitrogen and oxygen atoms in total. The predicted octanol–water partition coefficient (Wildman–Crippen LogP) is 0.536. The highest BCUT2D eigenvalue weighted by Crippen LogP contribution is 2.12. The second kappa shape index (κ2) is 4.71. The molecule has 2 heterocycles. The normalized spacial score (nSPS) is 16.6. The SMILES string of the molecule is CN1CC(=O)N(Cc2ccnc(Cl)c2)CC1=O. The Hall–Kier alpha value is -1.62. The van der Waals surface area contributed by atoms with Gasteiger partial charge in [0, 0.05) is 19.8 Å². The van der Waals surface area contributed by atoms with E-state index >= 15 is 0 Å². The van der Waals surface area contributed by atoms with Crippen LogP contribution in [0.25, 0.3) is 0 Å². The Morgan fingerprint density at radius 1 is 1.35 bits per heavy atom. The molecule has 1 aromatic heterocycles. The minimum atomic E-state index is -0.0555. The lowest BCUT2D eigenvalue weighted by Gasteiger charge is -2.31. The van der Waals surface area contributed by atoms with Gasteiger partial charge in [-0.3, -0.25) is 9.59 Å². The zero-order chi connectivity index (χ0) is 12.4. The van der Waals surface area contributed by atoms with Gasteiger partial charge in [-0.25, -0.2) is 4.98 Å². The lowest BCUT2D eigenvalue weighted by atomic mass is 10.2. The lowest BCUT2D eigenvalue weighted by Crippen LogP contribution is -2.51. The highest BCUT2D eigenvalue weighted by molar-refractivity contribution is 6.29. The first-order chi connectivity index (χ1) is 8.06. The molecule has 0 saturated carbocycles. The van der Waals surface area contributed by atoms with Crippen molar-refractivity contribution in [1.29, 1.82) is 0 Å². The number of piperazine rings is 1. The monoisotopic (exact) mass is 253 g/mol. The van der Waals surface area contributed by atoms with Crippen molar-refractivity contribution in [3.05, 3.63) is 29.0 Å². The third kappa shape index (κ3) is 2.74. The molecule has 2 rings (SSSR count).